The molecule has 1 unspecified atom stereocenters. The zero-order valence-electron chi connectivity index (χ0n) is 10.3. The fourth-order valence-electron chi connectivity index (χ4n) is 3.25. The molecule has 1 atom stereocenters. The number of hydrogen-bond acceptors (Lipinski definition) is 2. The van der Waals surface area contributed by atoms with Crippen LogP contribution in [0.15, 0.2) is 0 Å². The first-order valence-electron chi connectivity index (χ1n) is 6.74. The van der Waals surface area contributed by atoms with Crippen LogP contribution in [0.4, 0.5) is 0 Å². The first kappa shape index (κ1) is 11.4. The normalized spacial score (nSPS) is 37.4. The second kappa shape index (κ2) is 5.31. The highest BCUT2D eigenvalue weighted by molar-refractivity contribution is 4.85. The molecule has 1 saturated carbocycles. The Morgan fingerprint density at radius 3 is 2.33 bits per heavy atom. The lowest BCUT2D eigenvalue weighted by Gasteiger charge is -2.37. The van der Waals surface area contributed by atoms with E-state index in [0.29, 0.717) is 0 Å². The van der Waals surface area contributed by atoms with E-state index in [1.807, 2.05) is 0 Å². The first-order chi connectivity index (χ1) is 7.31. The van der Waals surface area contributed by atoms with Crippen LogP contribution in [0.3, 0.4) is 0 Å². The highest BCUT2D eigenvalue weighted by Gasteiger charge is 2.28. The van der Waals surface area contributed by atoms with Crippen molar-refractivity contribution < 1.29 is 0 Å². The van der Waals surface area contributed by atoms with Crippen LogP contribution in [0.2, 0.25) is 0 Å². The Morgan fingerprint density at radius 1 is 1.07 bits per heavy atom. The smallest absolute Gasteiger partial charge is 0.0232 e. The molecule has 0 spiro atoms. The summed E-state index contributed by atoms with van der Waals surface area (Å²) in [5.41, 5.74) is 0. The van der Waals surface area contributed by atoms with Crippen molar-refractivity contribution in [1.29, 1.82) is 0 Å². The second-order valence-electron chi connectivity index (χ2n) is 5.39. The molecular weight excluding hydrogens is 184 g/mol. The van der Waals surface area contributed by atoms with Crippen LogP contribution in [0.25, 0.3) is 0 Å². The standard InChI is InChI=1S/C13H26N2/c1-3-11-4-6-12(7-5-11)15(2)13-8-9-14-10-13/h11-14H,3-10H2,1-2H3. The molecule has 1 N–H and O–H groups in total. The molecule has 88 valence electrons. The van der Waals surface area contributed by atoms with Gasteiger partial charge in [0.2, 0.25) is 0 Å². The van der Waals surface area contributed by atoms with Crippen LogP contribution in [0.1, 0.15) is 45.4 Å². The van der Waals surface area contributed by atoms with E-state index in [-0.39, 0.29) is 0 Å². The van der Waals surface area contributed by atoms with E-state index in [0.717, 1.165) is 18.0 Å². The molecule has 2 heteroatoms. The van der Waals surface area contributed by atoms with E-state index in [9.17, 15) is 0 Å². The van der Waals surface area contributed by atoms with Gasteiger partial charge in [0.1, 0.15) is 0 Å². The lowest BCUT2D eigenvalue weighted by molar-refractivity contribution is 0.126. The van der Waals surface area contributed by atoms with Gasteiger partial charge in [-0.3, -0.25) is 4.90 Å². The molecule has 1 saturated heterocycles. The summed E-state index contributed by atoms with van der Waals surface area (Å²) in [7, 11) is 2.34. The third-order valence-electron chi connectivity index (χ3n) is 4.58. The molecule has 0 bridgehead atoms. The summed E-state index contributed by atoms with van der Waals surface area (Å²) in [6, 6.07) is 1.69. The predicted molar refractivity (Wildman–Crippen MR) is 65.1 cm³/mol. The minimum atomic E-state index is 0.813. The van der Waals surface area contributed by atoms with Crippen LogP contribution in [-0.4, -0.2) is 37.1 Å². The zero-order valence-corrected chi connectivity index (χ0v) is 10.3. The van der Waals surface area contributed by atoms with Gasteiger partial charge in [-0.2, -0.15) is 0 Å². The average Bonchev–Trinajstić information content (AvgIpc) is 2.82. The Hall–Kier alpha value is -0.0800. The molecule has 0 aromatic heterocycles. The van der Waals surface area contributed by atoms with Crippen LogP contribution in [-0.2, 0) is 0 Å². The van der Waals surface area contributed by atoms with Gasteiger partial charge in [0.25, 0.3) is 0 Å². The van der Waals surface area contributed by atoms with Crippen LogP contribution >= 0.6 is 0 Å². The summed E-state index contributed by atoms with van der Waals surface area (Å²) in [5.74, 6) is 1.02. The molecule has 0 amide bonds. The fraction of sp³-hybridized carbons (Fsp3) is 1.00. The van der Waals surface area contributed by atoms with Gasteiger partial charge in [-0.15, -0.1) is 0 Å². The van der Waals surface area contributed by atoms with E-state index in [2.05, 4.69) is 24.2 Å². The van der Waals surface area contributed by atoms with Gasteiger partial charge in [0.15, 0.2) is 0 Å². The van der Waals surface area contributed by atoms with Crippen LogP contribution < -0.4 is 5.32 Å². The Morgan fingerprint density at radius 2 is 1.80 bits per heavy atom. The molecule has 2 nitrogen and oxygen atoms in total. The minimum absolute atomic E-state index is 0.813. The maximum Gasteiger partial charge on any atom is 0.0232 e. The van der Waals surface area contributed by atoms with Crippen molar-refractivity contribution in [2.75, 3.05) is 20.1 Å². The molecule has 0 aromatic carbocycles. The minimum Gasteiger partial charge on any atom is -0.315 e. The fourth-order valence-corrected chi connectivity index (χ4v) is 3.25. The Balaban J connectivity index is 1.78. The van der Waals surface area contributed by atoms with Gasteiger partial charge >= 0.3 is 0 Å². The van der Waals surface area contributed by atoms with E-state index in [1.54, 1.807) is 0 Å². The molecule has 0 aromatic rings. The number of hydrogen-bond donors (Lipinski definition) is 1. The molecule has 15 heavy (non-hydrogen) atoms. The Labute approximate surface area is 94.4 Å². The Kier molecular flexibility index (Phi) is 4.04. The summed E-state index contributed by atoms with van der Waals surface area (Å²) in [6.45, 7) is 4.78. The second-order valence-corrected chi connectivity index (χ2v) is 5.39. The highest BCUT2D eigenvalue weighted by Crippen LogP contribution is 2.30. The molecular formula is C13H26N2. The number of rotatable bonds is 3. The molecule has 2 aliphatic rings. The van der Waals surface area contributed by atoms with E-state index < -0.39 is 0 Å². The molecule has 1 heterocycles. The summed E-state index contributed by atoms with van der Waals surface area (Å²) >= 11 is 0. The maximum absolute atomic E-state index is 3.47. The molecule has 2 rings (SSSR count). The molecule has 2 fully saturated rings. The first-order valence-corrected chi connectivity index (χ1v) is 6.74. The van der Waals surface area contributed by atoms with E-state index in [4.69, 9.17) is 0 Å². The van der Waals surface area contributed by atoms with Gasteiger partial charge in [-0.05, 0) is 51.6 Å². The van der Waals surface area contributed by atoms with Crippen LogP contribution in [0.5, 0.6) is 0 Å². The maximum atomic E-state index is 3.47. The van der Waals surface area contributed by atoms with Crippen molar-refractivity contribution in [3.63, 3.8) is 0 Å². The van der Waals surface area contributed by atoms with Crippen molar-refractivity contribution in [2.24, 2.45) is 5.92 Å². The van der Waals surface area contributed by atoms with Gasteiger partial charge in [0, 0.05) is 18.6 Å². The number of nitrogens with one attached hydrogen (secondary N) is 1. The van der Waals surface area contributed by atoms with Crippen molar-refractivity contribution >= 4 is 0 Å². The topological polar surface area (TPSA) is 15.3 Å². The summed E-state index contributed by atoms with van der Waals surface area (Å²) in [5, 5.41) is 3.47. The summed E-state index contributed by atoms with van der Waals surface area (Å²) in [4.78, 5) is 2.66. The molecule has 0 radical (unpaired) electrons. The van der Waals surface area contributed by atoms with Gasteiger partial charge < -0.3 is 5.32 Å². The van der Waals surface area contributed by atoms with Crippen molar-refractivity contribution in [2.45, 2.75) is 57.5 Å². The molecule has 1 aliphatic heterocycles. The lowest BCUT2D eigenvalue weighted by Crippen LogP contribution is -2.43. The van der Waals surface area contributed by atoms with Gasteiger partial charge in [-0.1, -0.05) is 13.3 Å². The predicted octanol–water partition coefficient (Wildman–Crippen LogP) is 2.25. The molecule has 1 aliphatic carbocycles. The van der Waals surface area contributed by atoms with E-state index in [1.165, 1.54) is 51.6 Å². The monoisotopic (exact) mass is 210 g/mol. The number of nitrogens with zero attached hydrogens (tertiary/aromatic N) is 1. The number of likely N-dealkylation sites (N-methyl/N-ethyl adjacent to an activating group) is 1. The van der Waals surface area contributed by atoms with Gasteiger partial charge in [-0.25, -0.2) is 0 Å². The quantitative estimate of drug-likeness (QED) is 0.768. The third kappa shape index (κ3) is 2.73. The third-order valence-corrected chi connectivity index (χ3v) is 4.58. The van der Waals surface area contributed by atoms with Crippen molar-refractivity contribution in [3.8, 4) is 0 Å². The largest absolute Gasteiger partial charge is 0.315 e. The van der Waals surface area contributed by atoms with Gasteiger partial charge in [0.05, 0.1) is 0 Å². The highest BCUT2D eigenvalue weighted by atomic mass is 15.2. The SMILES string of the molecule is CCC1CCC(N(C)C2CCNC2)CC1. The van der Waals surface area contributed by atoms with Crippen molar-refractivity contribution in [1.82, 2.24) is 10.2 Å². The summed E-state index contributed by atoms with van der Waals surface area (Å²) in [6.07, 6.45) is 8.54. The Bertz CT molecular complexity index is 179. The lowest BCUT2D eigenvalue weighted by atomic mass is 9.83. The van der Waals surface area contributed by atoms with Crippen molar-refractivity contribution in [3.05, 3.63) is 0 Å². The average molecular weight is 210 g/mol. The van der Waals surface area contributed by atoms with E-state index >= 15 is 0 Å². The zero-order chi connectivity index (χ0) is 10.7. The summed E-state index contributed by atoms with van der Waals surface area (Å²) < 4.78 is 0. The van der Waals surface area contributed by atoms with Crippen LogP contribution in [0, 0.1) is 5.92 Å².